The highest BCUT2D eigenvalue weighted by atomic mass is 79.9. The van der Waals surface area contributed by atoms with Crippen LogP contribution in [0.1, 0.15) is 9.67 Å². The minimum Gasteiger partial charge on any atom is -0.291 e. The Hall–Kier alpha value is -0.650. The average Bonchev–Trinajstić information content (AvgIpc) is 2.75. The molecule has 2 aromatic heterocycles. The molecule has 15 heavy (non-hydrogen) atoms. The molecule has 0 aliphatic heterocycles. The summed E-state index contributed by atoms with van der Waals surface area (Å²) in [7, 11) is 0. The molecule has 2 heterocycles. The van der Waals surface area contributed by atoms with Crippen molar-refractivity contribution in [2.24, 2.45) is 0 Å². The largest absolute Gasteiger partial charge is 0.291 e. The minimum absolute atomic E-state index is 0.0162. The van der Waals surface area contributed by atoms with Gasteiger partial charge in [-0.2, -0.15) is 5.10 Å². The first-order chi connectivity index (χ1) is 7.15. The number of carbonyl (C=O) groups excluding carboxylic acids is 1. The second kappa shape index (κ2) is 4.47. The van der Waals surface area contributed by atoms with Crippen LogP contribution in [0.2, 0.25) is 4.34 Å². The van der Waals surface area contributed by atoms with E-state index in [1.54, 1.807) is 29.2 Å². The van der Waals surface area contributed by atoms with E-state index in [1.165, 1.54) is 11.3 Å². The Kier molecular flexibility index (Phi) is 3.23. The molecule has 0 aromatic carbocycles. The molecule has 6 heteroatoms. The van der Waals surface area contributed by atoms with E-state index in [2.05, 4.69) is 21.0 Å². The van der Waals surface area contributed by atoms with Crippen LogP contribution in [0.5, 0.6) is 0 Å². The van der Waals surface area contributed by atoms with E-state index in [9.17, 15) is 4.79 Å². The van der Waals surface area contributed by atoms with Crippen molar-refractivity contribution in [2.75, 3.05) is 0 Å². The Morgan fingerprint density at radius 3 is 2.93 bits per heavy atom. The number of carbonyl (C=O) groups is 1. The predicted molar refractivity (Wildman–Crippen MR) is 63.6 cm³/mol. The van der Waals surface area contributed by atoms with E-state index < -0.39 is 0 Å². The average molecular weight is 306 g/mol. The van der Waals surface area contributed by atoms with Gasteiger partial charge in [-0.1, -0.05) is 11.6 Å². The lowest BCUT2D eigenvalue weighted by Crippen LogP contribution is -2.09. The zero-order chi connectivity index (χ0) is 10.8. The van der Waals surface area contributed by atoms with Gasteiger partial charge in [0.15, 0.2) is 5.78 Å². The van der Waals surface area contributed by atoms with Crippen LogP contribution >= 0.6 is 38.9 Å². The number of aromatic nitrogens is 2. The maximum absolute atomic E-state index is 11.7. The van der Waals surface area contributed by atoms with Crippen molar-refractivity contribution in [3.8, 4) is 0 Å². The molecule has 0 atom stereocenters. The van der Waals surface area contributed by atoms with Gasteiger partial charge in [-0.25, -0.2) is 0 Å². The molecule has 0 aliphatic carbocycles. The van der Waals surface area contributed by atoms with Gasteiger partial charge in [-0.15, -0.1) is 11.3 Å². The molecule has 0 amide bonds. The molecule has 0 N–H and O–H groups in total. The molecule has 78 valence electrons. The zero-order valence-corrected chi connectivity index (χ0v) is 10.6. The SMILES string of the molecule is O=C(Cn1cc(Br)cn1)c1ccc(Cl)s1. The number of Topliss-reactive ketones (excluding diaryl/α,β-unsaturated/α-hetero) is 1. The maximum atomic E-state index is 11.7. The number of hydrogen-bond donors (Lipinski definition) is 0. The fourth-order valence-corrected chi connectivity index (χ4v) is 2.41. The molecule has 0 aliphatic rings. The van der Waals surface area contributed by atoms with E-state index in [-0.39, 0.29) is 12.3 Å². The molecule has 2 aromatic rings. The molecular formula is C9H6BrClN2OS. The Labute approximate surface area is 104 Å². The second-order valence-corrected chi connectivity index (χ2v) is 5.51. The van der Waals surface area contributed by atoms with Crippen molar-refractivity contribution < 1.29 is 4.79 Å². The monoisotopic (exact) mass is 304 g/mol. The zero-order valence-electron chi connectivity index (χ0n) is 7.48. The third-order valence-electron chi connectivity index (χ3n) is 1.76. The van der Waals surface area contributed by atoms with Crippen LogP contribution in [0.4, 0.5) is 0 Å². The van der Waals surface area contributed by atoms with Gasteiger partial charge in [0.2, 0.25) is 0 Å². The first kappa shape index (κ1) is 10.9. The summed E-state index contributed by atoms with van der Waals surface area (Å²) in [6, 6.07) is 3.45. The Balaban J connectivity index is 2.10. The highest BCUT2D eigenvalue weighted by Crippen LogP contribution is 2.22. The summed E-state index contributed by atoms with van der Waals surface area (Å²) in [5.41, 5.74) is 0. The van der Waals surface area contributed by atoms with Crippen LogP contribution in [-0.2, 0) is 6.54 Å². The molecule has 0 bridgehead atoms. The molecule has 0 fully saturated rings. The summed E-state index contributed by atoms with van der Waals surface area (Å²) in [6.07, 6.45) is 3.40. The van der Waals surface area contributed by atoms with Gasteiger partial charge in [0.1, 0.15) is 6.54 Å². The van der Waals surface area contributed by atoms with Crippen LogP contribution in [-0.4, -0.2) is 15.6 Å². The summed E-state index contributed by atoms with van der Waals surface area (Å²) in [5, 5.41) is 4.01. The van der Waals surface area contributed by atoms with Gasteiger partial charge in [-0.3, -0.25) is 9.48 Å². The standard InChI is InChI=1S/C9H6BrClN2OS/c10-6-3-12-13(4-6)5-7(14)8-1-2-9(11)15-8/h1-4H,5H2. The topological polar surface area (TPSA) is 34.9 Å². The van der Waals surface area contributed by atoms with E-state index in [4.69, 9.17) is 11.6 Å². The summed E-state index contributed by atoms with van der Waals surface area (Å²) in [6.45, 7) is 0.239. The highest BCUT2D eigenvalue weighted by molar-refractivity contribution is 9.10. The van der Waals surface area contributed by atoms with Crippen LogP contribution in [0.15, 0.2) is 29.0 Å². The lowest BCUT2D eigenvalue weighted by molar-refractivity contribution is 0.0971. The van der Waals surface area contributed by atoms with Gasteiger partial charge in [0, 0.05) is 6.20 Å². The third kappa shape index (κ3) is 2.68. The van der Waals surface area contributed by atoms with Crippen LogP contribution in [0.25, 0.3) is 0 Å². The van der Waals surface area contributed by atoms with Crippen LogP contribution in [0, 0.1) is 0 Å². The van der Waals surface area contributed by atoms with Gasteiger partial charge >= 0.3 is 0 Å². The summed E-state index contributed by atoms with van der Waals surface area (Å²) in [4.78, 5) is 12.4. The number of thiophene rings is 1. The summed E-state index contributed by atoms with van der Waals surface area (Å²) >= 11 is 10.3. The Morgan fingerprint density at radius 1 is 1.60 bits per heavy atom. The van der Waals surface area contributed by atoms with E-state index in [0.29, 0.717) is 9.21 Å². The molecule has 2 rings (SSSR count). The molecule has 0 saturated heterocycles. The van der Waals surface area contributed by atoms with Crippen molar-refractivity contribution in [1.82, 2.24) is 9.78 Å². The van der Waals surface area contributed by atoms with Gasteiger partial charge in [0.25, 0.3) is 0 Å². The molecule has 0 radical (unpaired) electrons. The Morgan fingerprint density at radius 2 is 2.40 bits per heavy atom. The summed E-state index contributed by atoms with van der Waals surface area (Å²) < 4.78 is 3.07. The fourth-order valence-electron chi connectivity index (χ4n) is 1.11. The third-order valence-corrected chi connectivity index (χ3v) is 3.44. The second-order valence-electron chi connectivity index (χ2n) is 2.88. The van der Waals surface area contributed by atoms with Crippen molar-refractivity contribution in [3.63, 3.8) is 0 Å². The quantitative estimate of drug-likeness (QED) is 0.816. The number of ketones is 1. The summed E-state index contributed by atoms with van der Waals surface area (Å²) in [5.74, 6) is 0.0162. The fraction of sp³-hybridized carbons (Fsp3) is 0.111. The van der Waals surface area contributed by atoms with E-state index in [1.807, 2.05) is 0 Å². The van der Waals surface area contributed by atoms with Gasteiger partial charge in [-0.05, 0) is 28.1 Å². The predicted octanol–water partition coefficient (Wildman–Crippen LogP) is 3.24. The van der Waals surface area contributed by atoms with Crippen molar-refractivity contribution in [1.29, 1.82) is 0 Å². The molecular weight excluding hydrogens is 300 g/mol. The number of hydrogen-bond acceptors (Lipinski definition) is 3. The molecule has 3 nitrogen and oxygen atoms in total. The van der Waals surface area contributed by atoms with Crippen molar-refractivity contribution in [2.45, 2.75) is 6.54 Å². The molecule has 0 saturated carbocycles. The maximum Gasteiger partial charge on any atom is 0.194 e. The lowest BCUT2D eigenvalue weighted by atomic mass is 10.3. The van der Waals surface area contributed by atoms with Gasteiger partial charge in [0.05, 0.1) is 19.9 Å². The van der Waals surface area contributed by atoms with Gasteiger partial charge < -0.3 is 0 Å². The molecule has 0 unspecified atom stereocenters. The molecule has 0 spiro atoms. The smallest absolute Gasteiger partial charge is 0.194 e. The normalized spacial score (nSPS) is 10.5. The van der Waals surface area contributed by atoms with E-state index in [0.717, 1.165) is 4.47 Å². The first-order valence-electron chi connectivity index (χ1n) is 4.11. The van der Waals surface area contributed by atoms with Crippen molar-refractivity contribution in [3.05, 3.63) is 38.2 Å². The van der Waals surface area contributed by atoms with Crippen LogP contribution < -0.4 is 0 Å². The van der Waals surface area contributed by atoms with Crippen molar-refractivity contribution >= 4 is 44.7 Å². The van der Waals surface area contributed by atoms with Crippen LogP contribution in [0.3, 0.4) is 0 Å². The number of halogens is 2. The number of rotatable bonds is 3. The lowest BCUT2D eigenvalue weighted by Gasteiger charge is -1.97. The first-order valence-corrected chi connectivity index (χ1v) is 6.10. The number of nitrogens with zero attached hydrogens (tertiary/aromatic N) is 2. The highest BCUT2D eigenvalue weighted by Gasteiger charge is 2.09. The van der Waals surface area contributed by atoms with E-state index >= 15 is 0 Å². The minimum atomic E-state index is 0.0162. The Bertz CT molecular complexity index is 494.